The van der Waals surface area contributed by atoms with Crippen LogP contribution in [0.3, 0.4) is 0 Å². The van der Waals surface area contributed by atoms with Crippen molar-refractivity contribution in [3.8, 4) is 0 Å². The maximum absolute atomic E-state index is 3.59. The van der Waals surface area contributed by atoms with Crippen molar-refractivity contribution in [2.45, 2.75) is 73.0 Å². The minimum Gasteiger partial charge on any atom is -0.311 e. The maximum Gasteiger partial charge on any atom is 0.0195 e. The second-order valence-electron chi connectivity index (χ2n) is 6.66. The molecular weight excluding hydrogens is 196 g/mol. The van der Waals surface area contributed by atoms with Gasteiger partial charge in [0.05, 0.1) is 0 Å². The zero-order valence-electron chi connectivity index (χ0n) is 12.6. The van der Waals surface area contributed by atoms with Crippen LogP contribution in [0.1, 0.15) is 55.4 Å². The van der Waals surface area contributed by atoms with E-state index in [2.05, 4.69) is 65.6 Å². The van der Waals surface area contributed by atoms with Crippen LogP contribution < -0.4 is 5.32 Å². The fraction of sp³-hybridized carbons (Fsp3) is 1.00. The van der Waals surface area contributed by atoms with Crippen LogP contribution >= 0.6 is 0 Å². The van der Waals surface area contributed by atoms with Crippen molar-refractivity contribution in [2.24, 2.45) is 5.92 Å². The van der Waals surface area contributed by atoms with Gasteiger partial charge in [-0.05, 0) is 47.5 Å². The quantitative estimate of drug-likeness (QED) is 0.751. The molecule has 1 unspecified atom stereocenters. The van der Waals surface area contributed by atoms with E-state index in [-0.39, 0.29) is 5.54 Å². The topological polar surface area (TPSA) is 15.3 Å². The molecule has 0 saturated heterocycles. The normalized spacial score (nSPS) is 15.2. The van der Waals surface area contributed by atoms with Gasteiger partial charge in [-0.15, -0.1) is 0 Å². The Balaban J connectivity index is 4.22. The van der Waals surface area contributed by atoms with E-state index < -0.39 is 0 Å². The van der Waals surface area contributed by atoms with Gasteiger partial charge >= 0.3 is 0 Å². The second-order valence-corrected chi connectivity index (χ2v) is 6.66. The van der Waals surface area contributed by atoms with Gasteiger partial charge in [-0.2, -0.15) is 0 Å². The van der Waals surface area contributed by atoms with Crippen molar-refractivity contribution in [1.82, 2.24) is 10.2 Å². The first-order valence-corrected chi connectivity index (χ1v) is 6.64. The lowest BCUT2D eigenvalue weighted by Gasteiger charge is -2.36. The molecule has 0 aromatic heterocycles. The van der Waals surface area contributed by atoms with Crippen LogP contribution in [0.25, 0.3) is 0 Å². The van der Waals surface area contributed by atoms with E-state index in [1.165, 1.54) is 6.54 Å². The van der Waals surface area contributed by atoms with Gasteiger partial charge in [-0.1, -0.05) is 13.8 Å². The van der Waals surface area contributed by atoms with Crippen molar-refractivity contribution < 1.29 is 0 Å². The van der Waals surface area contributed by atoms with Crippen LogP contribution in [-0.2, 0) is 0 Å². The summed E-state index contributed by atoms with van der Waals surface area (Å²) in [6, 6.07) is 1.22. The Kier molecular flexibility index (Phi) is 6.57. The summed E-state index contributed by atoms with van der Waals surface area (Å²) in [6.45, 7) is 20.4. The molecule has 0 amide bonds. The molecule has 0 aromatic rings. The molecule has 0 radical (unpaired) electrons. The molecule has 1 atom stereocenters. The second kappa shape index (κ2) is 6.61. The fourth-order valence-corrected chi connectivity index (χ4v) is 1.89. The third-order valence-electron chi connectivity index (χ3n) is 2.73. The van der Waals surface area contributed by atoms with Crippen LogP contribution in [0.5, 0.6) is 0 Å². The molecule has 0 fully saturated rings. The van der Waals surface area contributed by atoms with Gasteiger partial charge in [0.25, 0.3) is 0 Å². The lowest BCUT2D eigenvalue weighted by atomic mass is 10.1. The first-order valence-electron chi connectivity index (χ1n) is 6.64. The highest BCUT2D eigenvalue weighted by Crippen LogP contribution is 2.10. The fourth-order valence-electron chi connectivity index (χ4n) is 1.89. The molecule has 2 heteroatoms. The van der Waals surface area contributed by atoms with Gasteiger partial charge in [0, 0.05) is 30.7 Å². The first-order chi connectivity index (χ1) is 7.13. The van der Waals surface area contributed by atoms with Crippen LogP contribution in [0, 0.1) is 5.92 Å². The van der Waals surface area contributed by atoms with E-state index in [0.29, 0.717) is 12.1 Å². The van der Waals surface area contributed by atoms with Crippen LogP contribution in [0.2, 0.25) is 0 Å². The van der Waals surface area contributed by atoms with Gasteiger partial charge in [0.2, 0.25) is 0 Å². The zero-order chi connectivity index (χ0) is 12.9. The third-order valence-corrected chi connectivity index (χ3v) is 2.73. The zero-order valence-corrected chi connectivity index (χ0v) is 12.6. The van der Waals surface area contributed by atoms with Gasteiger partial charge < -0.3 is 5.32 Å². The average Bonchev–Trinajstić information content (AvgIpc) is 2.08. The standard InChI is InChI=1S/C14H32N2/c1-11(2)10-16(12(3)4)13(5)9-15-14(6,7)8/h11-13,15H,9-10H2,1-8H3. The van der Waals surface area contributed by atoms with Gasteiger partial charge in [-0.3, -0.25) is 4.90 Å². The Hall–Kier alpha value is -0.0800. The van der Waals surface area contributed by atoms with Crippen LogP contribution in [0.15, 0.2) is 0 Å². The molecule has 1 N–H and O–H groups in total. The van der Waals surface area contributed by atoms with Crippen molar-refractivity contribution in [1.29, 1.82) is 0 Å². The molecular formula is C14H32N2. The molecule has 0 spiro atoms. The highest BCUT2D eigenvalue weighted by atomic mass is 15.2. The summed E-state index contributed by atoms with van der Waals surface area (Å²) >= 11 is 0. The van der Waals surface area contributed by atoms with E-state index in [0.717, 1.165) is 12.5 Å². The number of nitrogens with one attached hydrogen (secondary N) is 1. The van der Waals surface area contributed by atoms with E-state index in [1.807, 2.05) is 0 Å². The molecule has 0 rings (SSSR count). The Morgan fingerprint density at radius 3 is 1.81 bits per heavy atom. The number of nitrogens with zero attached hydrogens (tertiary/aromatic N) is 1. The molecule has 0 heterocycles. The molecule has 0 aliphatic heterocycles. The molecule has 0 aliphatic carbocycles. The molecule has 0 bridgehead atoms. The number of rotatable bonds is 6. The Morgan fingerprint density at radius 1 is 1.00 bits per heavy atom. The summed E-state index contributed by atoms with van der Waals surface area (Å²) in [7, 11) is 0. The largest absolute Gasteiger partial charge is 0.311 e. The van der Waals surface area contributed by atoms with E-state index in [1.54, 1.807) is 0 Å². The summed E-state index contributed by atoms with van der Waals surface area (Å²) < 4.78 is 0. The van der Waals surface area contributed by atoms with Crippen LogP contribution in [-0.4, -0.2) is 35.6 Å². The van der Waals surface area contributed by atoms with E-state index in [4.69, 9.17) is 0 Å². The Morgan fingerprint density at radius 2 is 1.50 bits per heavy atom. The molecule has 16 heavy (non-hydrogen) atoms. The van der Waals surface area contributed by atoms with Gasteiger partial charge in [-0.25, -0.2) is 0 Å². The number of hydrogen-bond donors (Lipinski definition) is 1. The van der Waals surface area contributed by atoms with Crippen molar-refractivity contribution in [2.75, 3.05) is 13.1 Å². The predicted octanol–water partition coefficient (Wildman–Crippen LogP) is 3.13. The Bertz CT molecular complexity index is 180. The molecule has 0 saturated carbocycles. The monoisotopic (exact) mass is 228 g/mol. The van der Waals surface area contributed by atoms with E-state index >= 15 is 0 Å². The first kappa shape index (κ1) is 15.9. The lowest BCUT2D eigenvalue weighted by molar-refractivity contribution is 0.137. The summed E-state index contributed by atoms with van der Waals surface area (Å²) in [5.41, 5.74) is 0.217. The predicted molar refractivity (Wildman–Crippen MR) is 73.9 cm³/mol. The maximum atomic E-state index is 3.59. The summed E-state index contributed by atoms with van der Waals surface area (Å²) in [5, 5.41) is 3.59. The van der Waals surface area contributed by atoms with Crippen molar-refractivity contribution in [3.63, 3.8) is 0 Å². The molecule has 2 nitrogen and oxygen atoms in total. The summed E-state index contributed by atoms with van der Waals surface area (Å²) in [6.07, 6.45) is 0. The van der Waals surface area contributed by atoms with Gasteiger partial charge in [0.1, 0.15) is 0 Å². The summed E-state index contributed by atoms with van der Waals surface area (Å²) in [5.74, 6) is 0.736. The molecule has 98 valence electrons. The van der Waals surface area contributed by atoms with Crippen LogP contribution in [0.4, 0.5) is 0 Å². The molecule has 0 aromatic carbocycles. The number of hydrogen-bond acceptors (Lipinski definition) is 2. The lowest BCUT2D eigenvalue weighted by Crippen LogP contribution is -2.49. The Labute approximate surface area is 103 Å². The average molecular weight is 228 g/mol. The third kappa shape index (κ3) is 7.24. The summed E-state index contributed by atoms with van der Waals surface area (Å²) in [4.78, 5) is 2.59. The minimum atomic E-state index is 0.217. The van der Waals surface area contributed by atoms with Crippen molar-refractivity contribution in [3.05, 3.63) is 0 Å². The highest BCUT2D eigenvalue weighted by Gasteiger charge is 2.19. The van der Waals surface area contributed by atoms with Crippen molar-refractivity contribution >= 4 is 0 Å². The smallest absolute Gasteiger partial charge is 0.0195 e. The SMILES string of the molecule is CC(C)CN(C(C)C)C(C)CNC(C)(C)C. The highest BCUT2D eigenvalue weighted by molar-refractivity contribution is 4.78. The molecule has 0 aliphatic rings. The van der Waals surface area contributed by atoms with Gasteiger partial charge in [0.15, 0.2) is 0 Å². The van der Waals surface area contributed by atoms with E-state index in [9.17, 15) is 0 Å². The minimum absolute atomic E-state index is 0.217.